The molecule has 2 aliphatic rings. The summed E-state index contributed by atoms with van der Waals surface area (Å²) in [7, 11) is 0. The number of phenols is 1. The zero-order valence-corrected chi connectivity index (χ0v) is 21.9. The molecule has 0 radical (unpaired) electrons. The lowest BCUT2D eigenvalue weighted by Crippen LogP contribution is -2.60. The molecule has 40 heavy (non-hydrogen) atoms. The van der Waals surface area contributed by atoms with Crippen LogP contribution < -0.4 is 9.47 Å². The van der Waals surface area contributed by atoms with E-state index in [2.05, 4.69) is 0 Å². The molecule has 13 nitrogen and oxygen atoms in total. The number of benzene rings is 2. The molecule has 0 saturated carbocycles. The minimum Gasteiger partial charge on any atom is -0.504 e. The lowest BCUT2D eigenvalue weighted by molar-refractivity contribution is -0.277. The third-order valence-corrected chi connectivity index (χ3v) is 7.45. The number of rotatable bonds is 8. The molecule has 0 aromatic heterocycles. The predicted molar refractivity (Wildman–Crippen MR) is 135 cm³/mol. The predicted octanol–water partition coefficient (Wildman–Crippen LogP) is -1.92. The molecule has 222 valence electrons. The van der Waals surface area contributed by atoms with Crippen LogP contribution in [0.5, 0.6) is 17.2 Å². The van der Waals surface area contributed by atoms with Gasteiger partial charge in [-0.15, -0.1) is 0 Å². The minimum atomic E-state index is -1.65. The average Bonchev–Trinajstić information content (AvgIpc) is 2.94. The number of hydrogen-bond donors (Lipinski definition) is 9. The zero-order chi connectivity index (χ0) is 29.4. The number of aliphatic hydroxyl groups excluding tert-OH is 8. The second-order valence-corrected chi connectivity index (χ2v) is 10.5. The van der Waals surface area contributed by atoms with Gasteiger partial charge in [-0.1, -0.05) is 32.0 Å². The summed E-state index contributed by atoms with van der Waals surface area (Å²) in [6.07, 6.45) is -14.5. The van der Waals surface area contributed by atoms with Crippen molar-refractivity contribution in [3.8, 4) is 17.2 Å². The number of hydrogen-bond acceptors (Lipinski definition) is 13. The van der Waals surface area contributed by atoms with Crippen molar-refractivity contribution >= 4 is 0 Å². The van der Waals surface area contributed by atoms with E-state index in [0.717, 1.165) is 5.56 Å². The van der Waals surface area contributed by atoms with E-state index >= 15 is 0 Å². The Kier molecular flexibility index (Phi) is 9.21. The van der Waals surface area contributed by atoms with E-state index in [9.17, 15) is 46.0 Å². The third-order valence-electron chi connectivity index (χ3n) is 7.45. The summed E-state index contributed by atoms with van der Waals surface area (Å²) in [4.78, 5) is 0. The van der Waals surface area contributed by atoms with Crippen LogP contribution in [0.2, 0.25) is 0 Å². The second kappa shape index (κ2) is 12.1. The van der Waals surface area contributed by atoms with Gasteiger partial charge in [-0.2, -0.15) is 0 Å². The van der Waals surface area contributed by atoms with E-state index in [1.165, 1.54) is 12.1 Å². The molecule has 9 N–H and O–H groups in total. The first kappa shape index (κ1) is 30.4. The van der Waals surface area contributed by atoms with Gasteiger partial charge in [-0.3, -0.25) is 0 Å². The van der Waals surface area contributed by atoms with Crippen molar-refractivity contribution in [2.45, 2.75) is 80.7 Å². The number of aromatic hydroxyl groups is 1. The molecule has 13 heteroatoms. The molecule has 2 heterocycles. The van der Waals surface area contributed by atoms with Gasteiger partial charge in [0.1, 0.15) is 54.6 Å². The maximum absolute atomic E-state index is 10.4. The monoisotopic (exact) mass is 568 g/mol. The average molecular weight is 569 g/mol. The largest absolute Gasteiger partial charge is 0.504 e. The molecule has 0 unspecified atom stereocenters. The third kappa shape index (κ3) is 5.90. The van der Waals surface area contributed by atoms with Crippen molar-refractivity contribution < 1.29 is 64.9 Å². The highest BCUT2D eigenvalue weighted by Gasteiger charge is 2.46. The van der Waals surface area contributed by atoms with E-state index in [1.807, 2.05) is 13.8 Å². The number of ether oxygens (including phenoxy) is 4. The van der Waals surface area contributed by atoms with Crippen LogP contribution in [-0.2, 0) is 14.9 Å². The van der Waals surface area contributed by atoms with E-state index in [-0.39, 0.29) is 11.5 Å². The van der Waals surface area contributed by atoms with Crippen LogP contribution in [0.15, 0.2) is 42.5 Å². The van der Waals surface area contributed by atoms with Crippen LogP contribution in [0.3, 0.4) is 0 Å². The van der Waals surface area contributed by atoms with Crippen molar-refractivity contribution in [3.05, 3.63) is 53.6 Å². The molecule has 2 saturated heterocycles. The summed E-state index contributed by atoms with van der Waals surface area (Å²) in [5, 5.41) is 89.6. The van der Waals surface area contributed by atoms with Crippen LogP contribution >= 0.6 is 0 Å². The highest BCUT2D eigenvalue weighted by Crippen LogP contribution is 2.38. The van der Waals surface area contributed by atoms with Crippen LogP contribution in [0.4, 0.5) is 0 Å². The first-order chi connectivity index (χ1) is 18.9. The molecule has 2 aromatic carbocycles. The summed E-state index contributed by atoms with van der Waals surface area (Å²) in [6, 6.07) is 11.3. The molecule has 0 spiro atoms. The van der Waals surface area contributed by atoms with Crippen molar-refractivity contribution in [2.24, 2.45) is 0 Å². The molecule has 2 aliphatic heterocycles. The van der Waals surface area contributed by atoms with Crippen molar-refractivity contribution in [1.29, 1.82) is 0 Å². The Labute approximate surface area is 230 Å². The lowest BCUT2D eigenvalue weighted by atomic mass is 9.78. The Bertz CT molecular complexity index is 1120. The fourth-order valence-corrected chi connectivity index (χ4v) is 4.70. The van der Waals surface area contributed by atoms with Crippen LogP contribution in [0.25, 0.3) is 0 Å². The Morgan fingerprint density at radius 3 is 1.62 bits per heavy atom. The van der Waals surface area contributed by atoms with Gasteiger partial charge in [-0.05, 0) is 35.4 Å². The van der Waals surface area contributed by atoms with E-state index < -0.39 is 80.0 Å². The zero-order valence-electron chi connectivity index (χ0n) is 21.9. The Hall–Kier alpha value is -2.56. The maximum atomic E-state index is 10.4. The molecular weight excluding hydrogens is 532 g/mol. The van der Waals surface area contributed by atoms with Crippen molar-refractivity contribution in [2.75, 3.05) is 13.2 Å². The molecule has 2 fully saturated rings. The van der Waals surface area contributed by atoms with Gasteiger partial charge in [0.05, 0.1) is 13.2 Å². The first-order valence-corrected chi connectivity index (χ1v) is 12.8. The molecule has 0 bridgehead atoms. The summed E-state index contributed by atoms with van der Waals surface area (Å²) in [5.41, 5.74) is 0.827. The second-order valence-electron chi connectivity index (χ2n) is 10.5. The van der Waals surface area contributed by atoms with Gasteiger partial charge < -0.3 is 64.9 Å². The summed E-state index contributed by atoms with van der Waals surface area (Å²) in [6.45, 7) is 2.61. The highest BCUT2D eigenvalue weighted by atomic mass is 16.7. The van der Waals surface area contributed by atoms with Crippen molar-refractivity contribution in [1.82, 2.24) is 0 Å². The smallest absolute Gasteiger partial charge is 0.229 e. The molecular formula is C27H36O13. The summed E-state index contributed by atoms with van der Waals surface area (Å²) in [5.74, 6) is -0.0292. The minimum absolute atomic E-state index is 0.0579. The highest BCUT2D eigenvalue weighted by molar-refractivity contribution is 5.48. The lowest BCUT2D eigenvalue weighted by Gasteiger charge is -2.39. The number of aliphatic hydroxyl groups is 8. The quantitative estimate of drug-likeness (QED) is 0.170. The standard InChI is InChI=1S/C27H36O13/c1-27(2,12-3-6-14(7-4-12)37-25-23(35)21(33)19(31)17(10-28)39-25)13-5-8-15(30)16(9-13)38-26-24(36)22(34)20(32)18(11-29)40-26/h3-9,17-26,28-36H,10-11H2,1-2H3/t17-,18-,19-,20-,21+,22+,23-,24-,25-,26-/m1/s1. The fraction of sp³-hybridized carbons (Fsp3) is 0.556. The topological polar surface area (TPSA) is 219 Å². The maximum Gasteiger partial charge on any atom is 0.229 e. The van der Waals surface area contributed by atoms with Crippen molar-refractivity contribution in [3.63, 3.8) is 0 Å². The van der Waals surface area contributed by atoms with Gasteiger partial charge in [0.2, 0.25) is 12.6 Å². The van der Waals surface area contributed by atoms with Gasteiger partial charge >= 0.3 is 0 Å². The van der Waals surface area contributed by atoms with Gasteiger partial charge in [-0.25, -0.2) is 0 Å². The van der Waals surface area contributed by atoms with E-state index in [4.69, 9.17) is 18.9 Å². The molecule has 0 aliphatic carbocycles. The Morgan fingerprint density at radius 2 is 1.12 bits per heavy atom. The Morgan fingerprint density at radius 1 is 0.650 bits per heavy atom. The fourth-order valence-electron chi connectivity index (χ4n) is 4.70. The number of phenolic OH excluding ortho intramolecular Hbond substituents is 1. The molecule has 2 aromatic rings. The van der Waals surface area contributed by atoms with Gasteiger partial charge in [0.15, 0.2) is 11.5 Å². The van der Waals surface area contributed by atoms with Crippen LogP contribution in [0.1, 0.15) is 25.0 Å². The molecule has 0 amide bonds. The van der Waals surface area contributed by atoms with Crippen LogP contribution in [0, 0.1) is 0 Å². The Balaban J connectivity index is 1.50. The molecule has 4 rings (SSSR count). The normalized spacial score (nSPS) is 34.9. The van der Waals surface area contributed by atoms with Crippen LogP contribution in [-0.4, -0.2) is 121 Å². The van der Waals surface area contributed by atoms with Gasteiger partial charge in [0.25, 0.3) is 0 Å². The summed E-state index contributed by atoms with van der Waals surface area (Å²) < 4.78 is 22.1. The van der Waals surface area contributed by atoms with Gasteiger partial charge in [0, 0.05) is 5.41 Å². The van der Waals surface area contributed by atoms with E-state index in [0.29, 0.717) is 11.3 Å². The summed E-state index contributed by atoms with van der Waals surface area (Å²) >= 11 is 0. The first-order valence-electron chi connectivity index (χ1n) is 12.8. The molecule has 10 atom stereocenters. The SMILES string of the molecule is CC(C)(c1ccc(O[C@@H]2O[C@H](CO)[C@@H](O)[C@H](O)[C@H]2O)cc1)c1ccc(O)c(O[C@@H]2O[C@H](CO)[C@@H](O)[C@H](O)[C@H]2O)c1. The van der Waals surface area contributed by atoms with E-state index in [1.54, 1.807) is 30.3 Å².